The molecule has 9 heteroatoms. The van der Waals surface area contributed by atoms with E-state index in [1.165, 1.54) is 15.6 Å². The van der Waals surface area contributed by atoms with E-state index in [-0.39, 0.29) is 24.6 Å². The molecule has 1 aliphatic rings. The molecule has 0 atom stereocenters. The first kappa shape index (κ1) is 20.0. The second kappa shape index (κ2) is 8.19. The van der Waals surface area contributed by atoms with E-state index in [2.05, 4.69) is 0 Å². The van der Waals surface area contributed by atoms with Gasteiger partial charge in [-0.1, -0.05) is 18.2 Å². The van der Waals surface area contributed by atoms with Gasteiger partial charge >= 0.3 is 5.97 Å². The Morgan fingerprint density at radius 2 is 1.93 bits per heavy atom. The van der Waals surface area contributed by atoms with Crippen LogP contribution in [0.3, 0.4) is 0 Å². The molecule has 4 rings (SSSR count). The minimum absolute atomic E-state index is 0.0251. The fourth-order valence-corrected chi connectivity index (χ4v) is 5.51. The highest BCUT2D eigenvalue weighted by atomic mass is 32.2. The van der Waals surface area contributed by atoms with Crippen molar-refractivity contribution >= 4 is 37.4 Å². The summed E-state index contributed by atoms with van der Waals surface area (Å²) in [6, 6.07) is 10.9. The third-order valence-electron chi connectivity index (χ3n) is 4.69. The summed E-state index contributed by atoms with van der Waals surface area (Å²) in [7, 11) is -3.84. The zero-order valence-electron chi connectivity index (χ0n) is 15.3. The topological polar surface area (TPSA) is 72.9 Å². The number of nitrogens with zero attached hydrogens (tertiary/aromatic N) is 1. The minimum atomic E-state index is -3.84. The van der Waals surface area contributed by atoms with E-state index in [4.69, 9.17) is 9.47 Å². The quantitative estimate of drug-likeness (QED) is 0.574. The van der Waals surface area contributed by atoms with Crippen LogP contribution in [-0.4, -0.2) is 45.0 Å². The largest absolute Gasteiger partial charge is 0.457 e. The number of esters is 1. The van der Waals surface area contributed by atoms with Gasteiger partial charge in [0.05, 0.1) is 23.7 Å². The Morgan fingerprint density at radius 1 is 1.17 bits per heavy atom. The monoisotopic (exact) mass is 435 g/mol. The number of hydrogen-bond donors (Lipinski definition) is 0. The molecule has 0 bridgehead atoms. The van der Waals surface area contributed by atoms with Crippen LogP contribution < -0.4 is 0 Å². The summed E-state index contributed by atoms with van der Waals surface area (Å²) in [4.78, 5) is 12.3. The van der Waals surface area contributed by atoms with Gasteiger partial charge in [0.2, 0.25) is 10.0 Å². The molecule has 0 unspecified atom stereocenters. The number of sulfonamides is 1. The number of fused-ring (bicyclic) bond motifs is 1. The van der Waals surface area contributed by atoms with Crippen molar-refractivity contribution in [2.45, 2.75) is 11.5 Å². The van der Waals surface area contributed by atoms with Crippen molar-refractivity contribution in [1.29, 1.82) is 0 Å². The van der Waals surface area contributed by atoms with E-state index in [1.807, 2.05) is 29.6 Å². The molecule has 0 amide bonds. The van der Waals surface area contributed by atoms with Crippen molar-refractivity contribution in [3.05, 3.63) is 64.8 Å². The summed E-state index contributed by atoms with van der Waals surface area (Å²) < 4.78 is 52.5. The molecular weight excluding hydrogens is 417 g/mol. The van der Waals surface area contributed by atoms with Crippen LogP contribution in [-0.2, 0) is 26.1 Å². The Hall–Kier alpha value is -2.33. The number of morpholine rings is 1. The molecular formula is C20H18FNO5S2. The number of carbonyl (C=O) groups excluding carboxylic acids is 1. The second-order valence-corrected chi connectivity index (χ2v) is 9.34. The Labute approximate surface area is 171 Å². The molecule has 6 nitrogen and oxygen atoms in total. The molecule has 3 aromatic rings. The van der Waals surface area contributed by atoms with Crippen molar-refractivity contribution in [3.8, 4) is 0 Å². The third kappa shape index (κ3) is 4.04. The van der Waals surface area contributed by atoms with Gasteiger partial charge in [-0.3, -0.25) is 0 Å². The minimum Gasteiger partial charge on any atom is -0.457 e. The summed E-state index contributed by atoms with van der Waals surface area (Å²) in [5.74, 6) is -1.73. The smallest absolute Gasteiger partial charge is 0.341 e. The van der Waals surface area contributed by atoms with Crippen LogP contribution >= 0.6 is 11.3 Å². The predicted octanol–water partition coefficient (Wildman–Crippen LogP) is 3.42. The Bertz CT molecular complexity index is 1150. The fourth-order valence-electron chi connectivity index (χ4n) is 3.12. The molecule has 2 aromatic carbocycles. The number of hydrogen-bond acceptors (Lipinski definition) is 6. The van der Waals surface area contributed by atoms with E-state index >= 15 is 0 Å². The van der Waals surface area contributed by atoms with Crippen LogP contribution in [0.25, 0.3) is 10.1 Å². The highest BCUT2D eigenvalue weighted by Crippen LogP contribution is 2.27. The van der Waals surface area contributed by atoms with Crippen molar-refractivity contribution in [2.24, 2.45) is 0 Å². The molecule has 1 aliphatic heterocycles. The van der Waals surface area contributed by atoms with E-state index in [0.29, 0.717) is 13.2 Å². The van der Waals surface area contributed by atoms with Gasteiger partial charge in [-0.25, -0.2) is 17.6 Å². The molecule has 1 saturated heterocycles. The summed E-state index contributed by atoms with van der Waals surface area (Å²) >= 11 is 1.53. The molecule has 0 N–H and O–H groups in total. The summed E-state index contributed by atoms with van der Waals surface area (Å²) in [6.45, 7) is 0.992. The number of benzene rings is 2. The van der Waals surface area contributed by atoms with Gasteiger partial charge < -0.3 is 9.47 Å². The lowest BCUT2D eigenvalue weighted by atomic mass is 10.2. The molecule has 0 saturated carbocycles. The van der Waals surface area contributed by atoms with Crippen LogP contribution in [0.4, 0.5) is 4.39 Å². The number of thiophene rings is 1. The molecule has 1 aromatic heterocycles. The van der Waals surface area contributed by atoms with Crippen LogP contribution in [0.5, 0.6) is 0 Å². The lowest BCUT2D eigenvalue weighted by Crippen LogP contribution is -2.40. The van der Waals surface area contributed by atoms with Crippen molar-refractivity contribution in [1.82, 2.24) is 4.31 Å². The first-order valence-corrected chi connectivity index (χ1v) is 11.3. The van der Waals surface area contributed by atoms with E-state index in [0.717, 1.165) is 33.8 Å². The Balaban J connectivity index is 1.54. The van der Waals surface area contributed by atoms with Gasteiger partial charge in [0.15, 0.2) is 0 Å². The molecule has 0 aliphatic carbocycles. The summed E-state index contributed by atoms with van der Waals surface area (Å²) in [5.41, 5.74) is 0.412. The van der Waals surface area contributed by atoms with Gasteiger partial charge in [-0.05, 0) is 35.0 Å². The highest BCUT2D eigenvalue weighted by molar-refractivity contribution is 7.89. The SMILES string of the molecule is O=C(OCc1csc2ccccc12)c1cc(S(=O)(=O)N2CCOCC2)ccc1F. The van der Waals surface area contributed by atoms with E-state index < -0.39 is 27.4 Å². The maximum atomic E-state index is 14.2. The van der Waals surface area contributed by atoms with Gasteiger partial charge in [0.25, 0.3) is 0 Å². The molecule has 152 valence electrons. The van der Waals surface area contributed by atoms with Gasteiger partial charge in [0, 0.05) is 23.4 Å². The van der Waals surface area contributed by atoms with Crippen LogP contribution in [0.2, 0.25) is 0 Å². The van der Waals surface area contributed by atoms with Gasteiger partial charge in [-0.2, -0.15) is 4.31 Å². The standard InChI is InChI=1S/C20H18FNO5S2/c21-18-6-5-15(29(24,25)22-7-9-26-10-8-22)11-17(18)20(23)27-12-14-13-28-19-4-2-1-3-16(14)19/h1-6,11,13H,7-10,12H2. The van der Waals surface area contributed by atoms with Gasteiger partial charge in [-0.15, -0.1) is 11.3 Å². The highest BCUT2D eigenvalue weighted by Gasteiger charge is 2.28. The van der Waals surface area contributed by atoms with Crippen molar-refractivity contribution in [2.75, 3.05) is 26.3 Å². The Kier molecular flexibility index (Phi) is 5.64. The zero-order chi connectivity index (χ0) is 20.4. The first-order chi connectivity index (χ1) is 14.0. The van der Waals surface area contributed by atoms with Crippen LogP contribution in [0.15, 0.2) is 52.7 Å². The van der Waals surface area contributed by atoms with E-state index in [9.17, 15) is 17.6 Å². The third-order valence-corrected chi connectivity index (χ3v) is 7.59. The Morgan fingerprint density at radius 3 is 2.72 bits per heavy atom. The lowest BCUT2D eigenvalue weighted by Gasteiger charge is -2.26. The van der Waals surface area contributed by atoms with Crippen LogP contribution in [0.1, 0.15) is 15.9 Å². The number of carbonyl (C=O) groups is 1. The lowest BCUT2D eigenvalue weighted by molar-refractivity contribution is 0.0469. The maximum absolute atomic E-state index is 14.2. The summed E-state index contributed by atoms with van der Waals surface area (Å²) in [6.07, 6.45) is 0. The number of halogens is 1. The van der Waals surface area contributed by atoms with Crippen molar-refractivity contribution in [3.63, 3.8) is 0 Å². The van der Waals surface area contributed by atoms with E-state index in [1.54, 1.807) is 0 Å². The molecule has 0 spiro atoms. The van der Waals surface area contributed by atoms with Crippen molar-refractivity contribution < 1.29 is 27.1 Å². The normalized spacial score (nSPS) is 15.5. The van der Waals surface area contributed by atoms with Gasteiger partial charge in [0.1, 0.15) is 12.4 Å². The molecule has 29 heavy (non-hydrogen) atoms. The molecule has 0 radical (unpaired) electrons. The molecule has 2 heterocycles. The average molecular weight is 435 g/mol. The zero-order valence-corrected chi connectivity index (χ0v) is 17.0. The number of rotatable bonds is 5. The maximum Gasteiger partial charge on any atom is 0.341 e. The number of ether oxygens (including phenoxy) is 2. The molecule has 1 fully saturated rings. The average Bonchev–Trinajstić information content (AvgIpc) is 3.16. The first-order valence-electron chi connectivity index (χ1n) is 8.96. The van der Waals surface area contributed by atoms with Crippen LogP contribution in [0, 0.1) is 5.82 Å². The fraction of sp³-hybridized carbons (Fsp3) is 0.250. The predicted molar refractivity (Wildman–Crippen MR) is 107 cm³/mol. The summed E-state index contributed by atoms with van der Waals surface area (Å²) in [5, 5.41) is 2.85. The second-order valence-electron chi connectivity index (χ2n) is 6.49.